The largest absolute Gasteiger partial charge is 0.496 e. The van der Waals surface area contributed by atoms with Gasteiger partial charge in [-0.1, -0.05) is 24.3 Å². The zero-order valence-corrected chi connectivity index (χ0v) is 16.5. The lowest BCUT2D eigenvalue weighted by Crippen LogP contribution is -2.33. The van der Waals surface area contributed by atoms with E-state index < -0.39 is 0 Å². The third kappa shape index (κ3) is 4.54. The summed E-state index contributed by atoms with van der Waals surface area (Å²) in [6, 6.07) is 14.6. The first-order valence-corrected chi connectivity index (χ1v) is 9.67. The molecule has 0 bridgehead atoms. The number of nitrogens with one attached hydrogen (secondary N) is 1. The van der Waals surface area contributed by atoms with Crippen LogP contribution in [0.3, 0.4) is 0 Å². The van der Waals surface area contributed by atoms with Crippen molar-refractivity contribution >= 4 is 0 Å². The van der Waals surface area contributed by atoms with Crippen LogP contribution in [0.15, 0.2) is 42.5 Å². The normalized spacial score (nSPS) is 16.4. The van der Waals surface area contributed by atoms with Crippen molar-refractivity contribution in [3.8, 4) is 17.2 Å². The van der Waals surface area contributed by atoms with Crippen molar-refractivity contribution in [2.45, 2.75) is 19.4 Å². The van der Waals surface area contributed by atoms with E-state index in [1.165, 1.54) is 11.1 Å². The van der Waals surface area contributed by atoms with E-state index in [1.54, 1.807) is 14.2 Å². The van der Waals surface area contributed by atoms with Gasteiger partial charge in [-0.2, -0.15) is 0 Å². The number of nitrogens with zero attached hydrogens (tertiary/aromatic N) is 1. The molecule has 1 aliphatic heterocycles. The standard InChI is InChI=1S/C22H30N2O3/c1-4-27-20-11-10-17(16-21(20)26-3)22(24-14-7-12-23-13-15-24)18-8-5-6-9-19(18)25-2/h5-6,8-11,16,22-23H,4,7,12-15H2,1-3H3. The Bertz CT molecular complexity index is 727. The van der Waals surface area contributed by atoms with Crippen molar-refractivity contribution in [3.05, 3.63) is 53.6 Å². The summed E-state index contributed by atoms with van der Waals surface area (Å²) in [7, 11) is 3.42. The van der Waals surface area contributed by atoms with E-state index in [4.69, 9.17) is 14.2 Å². The molecule has 0 amide bonds. The first kappa shape index (κ1) is 19.5. The molecule has 0 spiro atoms. The van der Waals surface area contributed by atoms with E-state index in [1.807, 2.05) is 25.1 Å². The molecule has 0 radical (unpaired) electrons. The van der Waals surface area contributed by atoms with Gasteiger partial charge < -0.3 is 19.5 Å². The smallest absolute Gasteiger partial charge is 0.161 e. The maximum atomic E-state index is 5.71. The Morgan fingerprint density at radius 3 is 2.56 bits per heavy atom. The van der Waals surface area contributed by atoms with Crippen LogP contribution in [-0.4, -0.2) is 51.9 Å². The van der Waals surface area contributed by atoms with Gasteiger partial charge in [0, 0.05) is 25.2 Å². The molecule has 1 atom stereocenters. The minimum Gasteiger partial charge on any atom is -0.496 e. The Morgan fingerprint density at radius 1 is 0.963 bits per heavy atom. The molecule has 146 valence electrons. The van der Waals surface area contributed by atoms with Crippen LogP contribution in [0.25, 0.3) is 0 Å². The molecule has 1 heterocycles. The average Bonchev–Trinajstić information content (AvgIpc) is 2.99. The monoisotopic (exact) mass is 370 g/mol. The molecule has 1 N–H and O–H groups in total. The zero-order chi connectivity index (χ0) is 19.1. The quantitative estimate of drug-likeness (QED) is 0.808. The first-order valence-electron chi connectivity index (χ1n) is 9.67. The van der Waals surface area contributed by atoms with Crippen molar-refractivity contribution in [3.63, 3.8) is 0 Å². The minimum absolute atomic E-state index is 0.102. The first-order chi connectivity index (χ1) is 13.3. The average molecular weight is 370 g/mol. The van der Waals surface area contributed by atoms with E-state index in [2.05, 4.69) is 34.5 Å². The van der Waals surface area contributed by atoms with E-state index in [0.29, 0.717) is 6.61 Å². The molecule has 1 unspecified atom stereocenters. The maximum absolute atomic E-state index is 5.71. The molecule has 1 saturated heterocycles. The number of para-hydroxylation sites is 1. The fraction of sp³-hybridized carbons (Fsp3) is 0.455. The fourth-order valence-electron chi connectivity index (χ4n) is 3.73. The summed E-state index contributed by atoms with van der Waals surface area (Å²) < 4.78 is 17.0. The van der Waals surface area contributed by atoms with Gasteiger partial charge in [-0.15, -0.1) is 0 Å². The van der Waals surface area contributed by atoms with Crippen molar-refractivity contribution in [2.75, 3.05) is 47.0 Å². The van der Waals surface area contributed by atoms with E-state index >= 15 is 0 Å². The molecular weight excluding hydrogens is 340 g/mol. The Labute approximate surface area is 162 Å². The molecular formula is C22H30N2O3. The van der Waals surface area contributed by atoms with Crippen LogP contribution >= 0.6 is 0 Å². The highest BCUT2D eigenvalue weighted by atomic mass is 16.5. The molecule has 0 saturated carbocycles. The molecule has 2 aromatic rings. The lowest BCUT2D eigenvalue weighted by molar-refractivity contribution is 0.235. The van der Waals surface area contributed by atoms with Crippen LogP contribution in [-0.2, 0) is 0 Å². The highest BCUT2D eigenvalue weighted by molar-refractivity contribution is 5.48. The number of methoxy groups -OCH3 is 2. The van der Waals surface area contributed by atoms with Gasteiger partial charge in [0.1, 0.15) is 5.75 Å². The lowest BCUT2D eigenvalue weighted by Gasteiger charge is -2.32. The molecule has 2 aromatic carbocycles. The topological polar surface area (TPSA) is 43.0 Å². The molecule has 1 fully saturated rings. The summed E-state index contributed by atoms with van der Waals surface area (Å²) >= 11 is 0. The second-order valence-electron chi connectivity index (χ2n) is 6.63. The van der Waals surface area contributed by atoms with Crippen molar-refractivity contribution < 1.29 is 14.2 Å². The van der Waals surface area contributed by atoms with Gasteiger partial charge in [-0.3, -0.25) is 4.90 Å². The molecule has 0 aromatic heterocycles. The maximum Gasteiger partial charge on any atom is 0.161 e. The van der Waals surface area contributed by atoms with Crippen molar-refractivity contribution in [2.24, 2.45) is 0 Å². The van der Waals surface area contributed by atoms with Crippen molar-refractivity contribution in [1.82, 2.24) is 10.2 Å². The summed E-state index contributed by atoms with van der Waals surface area (Å²) in [5.41, 5.74) is 2.36. The highest BCUT2D eigenvalue weighted by Gasteiger charge is 2.26. The Hall–Kier alpha value is -2.24. The Kier molecular flexibility index (Phi) is 6.96. The van der Waals surface area contributed by atoms with Gasteiger partial charge in [0.25, 0.3) is 0 Å². The van der Waals surface area contributed by atoms with Gasteiger partial charge in [-0.25, -0.2) is 0 Å². The van der Waals surface area contributed by atoms with Crippen molar-refractivity contribution in [1.29, 1.82) is 0 Å². The SMILES string of the molecule is CCOc1ccc(C(c2ccccc2OC)N2CCCNCC2)cc1OC. The molecule has 3 rings (SSSR count). The van der Waals surface area contributed by atoms with Crippen LogP contribution in [0, 0.1) is 0 Å². The Morgan fingerprint density at radius 2 is 1.78 bits per heavy atom. The summed E-state index contributed by atoms with van der Waals surface area (Å²) in [6.45, 7) is 6.66. The van der Waals surface area contributed by atoms with Gasteiger partial charge in [0.2, 0.25) is 0 Å². The summed E-state index contributed by atoms with van der Waals surface area (Å²) in [5.74, 6) is 2.45. The number of hydrogen-bond donors (Lipinski definition) is 1. The van der Waals surface area contributed by atoms with Gasteiger partial charge >= 0.3 is 0 Å². The van der Waals surface area contributed by atoms with Gasteiger partial charge in [-0.05, 0) is 43.7 Å². The predicted molar refractivity (Wildman–Crippen MR) is 108 cm³/mol. The van der Waals surface area contributed by atoms with E-state index in [-0.39, 0.29) is 6.04 Å². The molecule has 1 aliphatic rings. The number of ether oxygens (including phenoxy) is 3. The molecule has 5 nitrogen and oxygen atoms in total. The van der Waals surface area contributed by atoms with Crippen LogP contribution in [0.1, 0.15) is 30.5 Å². The van der Waals surface area contributed by atoms with Gasteiger partial charge in [0.15, 0.2) is 11.5 Å². The van der Waals surface area contributed by atoms with Crippen LogP contribution < -0.4 is 19.5 Å². The zero-order valence-electron chi connectivity index (χ0n) is 16.5. The van der Waals surface area contributed by atoms with Crippen LogP contribution in [0.5, 0.6) is 17.2 Å². The van der Waals surface area contributed by atoms with E-state index in [0.717, 1.165) is 49.8 Å². The van der Waals surface area contributed by atoms with Crippen LogP contribution in [0.4, 0.5) is 0 Å². The highest BCUT2D eigenvalue weighted by Crippen LogP contribution is 2.38. The predicted octanol–water partition coefficient (Wildman–Crippen LogP) is 3.49. The molecule has 27 heavy (non-hydrogen) atoms. The molecule has 5 heteroatoms. The number of hydrogen-bond acceptors (Lipinski definition) is 5. The fourth-order valence-corrected chi connectivity index (χ4v) is 3.73. The van der Waals surface area contributed by atoms with E-state index in [9.17, 15) is 0 Å². The van der Waals surface area contributed by atoms with Gasteiger partial charge in [0.05, 0.1) is 26.9 Å². The second-order valence-corrected chi connectivity index (χ2v) is 6.63. The van der Waals surface area contributed by atoms with Crippen LogP contribution in [0.2, 0.25) is 0 Å². The number of benzene rings is 2. The summed E-state index contributed by atoms with van der Waals surface area (Å²) in [6.07, 6.45) is 1.12. The molecule has 0 aliphatic carbocycles. The summed E-state index contributed by atoms with van der Waals surface area (Å²) in [4.78, 5) is 2.52. The number of rotatable bonds is 7. The second kappa shape index (κ2) is 9.62. The third-order valence-corrected chi connectivity index (χ3v) is 4.98. The lowest BCUT2D eigenvalue weighted by atomic mass is 9.95. The summed E-state index contributed by atoms with van der Waals surface area (Å²) in [5, 5.41) is 3.49. The Balaban J connectivity index is 2.06. The minimum atomic E-state index is 0.102. The third-order valence-electron chi connectivity index (χ3n) is 4.98.